The van der Waals surface area contributed by atoms with Crippen molar-refractivity contribution in [2.45, 2.75) is 31.2 Å². The molecule has 1 aromatic carbocycles. The van der Waals surface area contributed by atoms with Crippen LogP contribution in [0.5, 0.6) is 0 Å². The van der Waals surface area contributed by atoms with Crippen LogP contribution < -0.4 is 5.73 Å². The average Bonchev–Trinajstić information content (AvgIpc) is 3.06. The van der Waals surface area contributed by atoms with Gasteiger partial charge in [0.25, 0.3) is 0 Å². The molecule has 2 saturated carbocycles. The number of hydrogen-bond acceptors (Lipinski definition) is 1. The zero-order valence-electron chi connectivity index (χ0n) is 8.75. The van der Waals surface area contributed by atoms with Gasteiger partial charge < -0.3 is 5.73 Å². The van der Waals surface area contributed by atoms with Crippen molar-refractivity contribution in [3.8, 4) is 0 Å². The fraction of sp³-hybridized carbons (Fsp3) is 0.538. The van der Waals surface area contributed by atoms with Gasteiger partial charge in [0.1, 0.15) is 5.82 Å². The molecule has 0 aliphatic heterocycles. The lowest BCUT2D eigenvalue weighted by Gasteiger charge is -2.11. The van der Waals surface area contributed by atoms with Crippen LogP contribution in [-0.4, -0.2) is 5.54 Å². The number of rotatable bonds is 3. The van der Waals surface area contributed by atoms with E-state index in [1.807, 2.05) is 12.1 Å². The molecule has 0 heterocycles. The molecule has 2 N–H and O–H groups in total. The molecule has 2 heteroatoms. The Labute approximate surface area is 89.5 Å². The maximum absolute atomic E-state index is 12.7. The van der Waals surface area contributed by atoms with E-state index in [4.69, 9.17) is 5.73 Å². The van der Waals surface area contributed by atoms with Gasteiger partial charge in [-0.3, -0.25) is 0 Å². The Morgan fingerprint density at radius 3 is 2.53 bits per heavy atom. The number of halogens is 1. The average molecular weight is 205 g/mol. The Bertz CT molecular complexity index is 369. The van der Waals surface area contributed by atoms with E-state index in [1.165, 1.54) is 30.5 Å². The maximum atomic E-state index is 12.7. The van der Waals surface area contributed by atoms with Gasteiger partial charge in [-0.15, -0.1) is 0 Å². The molecule has 0 aromatic heterocycles. The summed E-state index contributed by atoms with van der Waals surface area (Å²) in [5.74, 6) is 1.47. The molecule has 0 radical (unpaired) electrons. The lowest BCUT2D eigenvalue weighted by molar-refractivity contribution is 0.547. The van der Waals surface area contributed by atoms with Crippen molar-refractivity contribution in [3.05, 3.63) is 35.6 Å². The molecule has 2 atom stereocenters. The van der Waals surface area contributed by atoms with Gasteiger partial charge in [-0.05, 0) is 55.2 Å². The van der Waals surface area contributed by atoms with E-state index in [1.54, 1.807) is 0 Å². The molecule has 0 bridgehead atoms. The molecule has 0 amide bonds. The highest BCUT2D eigenvalue weighted by atomic mass is 19.1. The van der Waals surface area contributed by atoms with Crippen molar-refractivity contribution in [2.75, 3.05) is 0 Å². The maximum Gasteiger partial charge on any atom is 0.123 e. The SMILES string of the molecule is NC1(Cc2ccc(F)cc2)CC1C1CC1. The predicted molar refractivity (Wildman–Crippen MR) is 57.9 cm³/mol. The van der Waals surface area contributed by atoms with Gasteiger partial charge >= 0.3 is 0 Å². The van der Waals surface area contributed by atoms with Gasteiger partial charge in [0.15, 0.2) is 0 Å². The van der Waals surface area contributed by atoms with Crippen molar-refractivity contribution in [1.29, 1.82) is 0 Å². The summed E-state index contributed by atoms with van der Waals surface area (Å²) in [7, 11) is 0. The van der Waals surface area contributed by atoms with Crippen molar-refractivity contribution in [3.63, 3.8) is 0 Å². The first-order valence-corrected chi connectivity index (χ1v) is 5.71. The number of nitrogens with two attached hydrogens (primary N) is 1. The van der Waals surface area contributed by atoms with Crippen LogP contribution in [0.25, 0.3) is 0 Å². The van der Waals surface area contributed by atoms with E-state index < -0.39 is 0 Å². The zero-order chi connectivity index (χ0) is 10.5. The Hall–Kier alpha value is -0.890. The standard InChI is InChI=1S/C13H16FN/c14-11-5-1-9(2-6-11)7-13(15)8-12(13)10-3-4-10/h1-2,5-6,10,12H,3-4,7-8,15H2. The molecule has 80 valence electrons. The summed E-state index contributed by atoms with van der Waals surface area (Å²) in [6.45, 7) is 0. The summed E-state index contributed by atoms with van der Waals surface area (Å²) in [4.78, 5) is 0. The van der Waals surface area contributed by atoms with Gasteiger partial charge in [-0.25, -0.2) is 4.39 Å². The first kappa shape index (κ1) is 9.34. The molecule has 3 rings (SSSR count). The third kappa shape index (κ3) is 1.78. The Balaban J connectivity index is 1.68. The molecular weight excluding hydrogens is 189 g/mol. The molecule has 0 spiro atoms. The van der Waals surface area contributed by atoms with E-state index >= 15 is 0 Å². The van der Waals surface area contributed by atoms with E-state index in [0.717, 1.165) is 24.7 Å². The van der Waals surface area contributed by atoms with Gasteiger partial charge in [-0.2, -0.15) is 0 Å². The van der Waals surface area contributed by atoms with Gasteiger partial charge in [0.05, 0.1) is 0 Å². The lowest BCUT2D eigenvalue weighted by Crippen LogP contribution is -2.28. The van der Waals surface area contributed by atoms with Crippen LogP contribution in [0.1, 0.15) is 24.8 Å². The molecule has 15 heavy (non-hydrogen) atoms. The van der Waals surface area contributed by atoms with Crippen molar-refractivity contribution >= 4 is 0 Å². The van der Waals surface area contributed by atoms with E-state index in [9.17, 15) is 4.39 Å². The van der Waals surface area contributed by atoms with Crippen molar-refractivity contribution in [2.24, 2.45) is 17.6 Å². The smallest absolute Gasteiger partial charge is 0.123 e. The summed E-state index contributed by atoms with van der Waals surface area (Å²) in [5.41, 5.74) is 7.50. The molecule has 1 nitrogen and oxygen atoms in total. The summed E-state index contributed by atoms with van der Waals surface area (Å²) in [6.07, 6.45) is 4.81. The van der Waals surface area contributed by atoms with Crippen LogP contribution in [0.4, 0.5) is 4.39 Å². The molecule has 2 fully saturated rings. The van der Waals surface area contributed by atoms with Gasteiger partial charge in [0.2, 0.25) is 0 Å². The minimum absolute atomic E-state index is 0.0268. The first-order valence-electron chi connectivity index (χ1n) is 5.71. The Morgan fingerprint density at radius 2 is 1.93 bits per heavy atom. The highest BCUT2D eigenvalue weighted by molar-refractivity contribution is 5.24. The van der Waals surface area contributed by atoms with Crippen LogP contribution >= 0.6 is 0 Å². The van der Waals surface area contributed by atoms with Gasteiger partial charge in [0, 0.05) is 5.54 Å². The lowest BCUT2D eigenvalue weighted by atomic mass is 10.0. The predicted octanol–water partition coefficient (Wildman–Crippen LogP) is 2.50. The minimum atomic E-state index is -0.167. The van der Waals surface area contributed by atoms with Crippen LogP contribution in [0.2, 0.25) is 0 Å². The molecule has 2 aliphatic carbocycles. The van der Waals surface area contributed by atoms with Gasteiger partial charge in [-0.1, -0.05) is 12.1 Å². The van der Waals surface area contributed by atoms with Crippen molar-refractivity contribution < 1.29 is 4.39 Å². The third-order valence-corrected chi connectivity index (χ3v) is 3.82. The third-order valence-electron chi connectivity index (χ3n) is 3.82. The van der Waals surface area contributed by atoms with E-state index in [2.05, 4.69) is 0 Å². The highest BCUT2D eigenvalue weighted by Gasteiger charge is 2.56. The molecule has 2 aliphatic rings. The monoisotopic (exact) mass is 205 g/mol. The number of benzene rings is 1. The second-order valence-corrected chi connectivity index (χ2v) is 5.18. The first-order chi connectivity index (χ1) is 7.17. The van der Waals surface area contributed by atoms with Crippen LogP contribution in [0.15, 0.2) is 24.3 Å². The Morgan fingerprint density at radius 1 is 1.27 bits per heavy atom. The largest absolute Gasteiger partial charge is 0.325 e. The van der Waals surface area contributed by atoms with Crippen LogP contribution in [0.3, 0.4) is 0 Å². The fourth-order valence-electron chi connectivity index (χ4n) is 2.67. The second kappa shape index (κ2) is 3.05. The molecule has 0 saturated heterocycles. The molecule has 2 unspecified atom stereocenters. The van der Waals surface area contributed by atoms with Crippen molar-refractivity contribution in [1.82, 2.24) is 0 Å². The summed E-state index contributed by atoms with van der Waals surface area (Å²) in [6, 6.07) is 6.75. The quantitative estimate of drug-likeness (QED) is 0.806. The topological polar surface area (TPSA) is 26.0 Å². The minimum Gasteiger partial charge on any atom is -0.325 e. The normalized spacial score (nSPS) is 34.1. The van der Waals surface area contributed by atoms with E-state index in [-0.39, 0.29) is 11.4 Å². The van der Waals surface area contributed by atoms with Crippen LogP contribution in [-0.2, 0) is 6.42 Å². The summed E-state index contributed by atoms with van der Waals surface area (Å²) >= 11 is 0. The second-order valence-electron chi connectivity index (χ2n) is 5.18. The number of hydrogen-bond donors (Lipinski definition) is 1. The Kier molecular flexibility index (Phi) is 1.90. The van der Waals surface area contributed by atoms with Crippen LogP contribution in [0, 0.1) is 17.7 Å². The van der Waals surface area contributed by atoms with E-state index in [0.29, 0.717) is 0 Å². The molecular formula is C13H16FN. The highest BCUT2D eigenvalue weighted by Crippen LogP contribution is 2.56. The fourth-order valence-corrected chi connectivity index (χ4v) is 2.67. The summed E-state index contributed by atoms with van der Waals surface area (Å²) < 4.78 is 12.7. The molecule has 1 aromatic rings. The summed E-state index contributed by atoms with van der Waals surface area (Å²) in [5, 5.41) is 0. The zero-order valence-corrected chi connectivity index (χ0v) is 8.75.